The van der Waals surface area contributed by atoms with Crippen LogP contribution in [0.1, 0.15) is 48.5 Å². The van der Waals surface area contributed by atoms with E-state index in [1.54, 1.807) is 12.3 Å². The van der Waals surface area contributed by atoms with Gasteiger partial charge in [-0.1, -0.05) is 13.0 Å². The normalized spacial score (nSPS) is 19.0. The van der Waals surface area contributed by atoms with Gasteiger partial charge in [0.05, 0.1) is 6.20 Å². The van der Waals surface area contributed by atoms with Crippen molar-refractivity contribution in [2.24, 2.45) is 0 Å². The minimum Gasteiger partial charge on any atom is -0.310 e. The Labute approximate surface area is 124 Å². The summed E-state index contributed by atoms with van der Waals surface area (Å²) in [6.45, 7) is 2.85. The molecule has 1 N–H and O–H groups in total. The van der Waals surface area contributed by atoms with Crippen LogP contribution < -0.4 is 5.32 Å². The predicted molar refractivity (Wildman–Crippen MR) is 80.5 cm³/mol. The Bertz CT molecular complexity index is 614. The van der Waals surface area contributed by atoms with Crippen molar-refractivity contribution >= 4 is 0 Å². The average Bonchev–Trinajstić information content (AvgIpc) is 2.53. The quantitative estimate of drug-likeness (QED) is 0.935. The molecule has 0 bridgehead atoms. The zero-order valence-electron chi connectivity index (χ0n) is 12.2. The van der Waals surface area contributed by atoms with Gasteiger partial charge in [-0.15, -0.1) is 0 Å². The second kappa shape index (κ2) is 6.31. The lowest BCUT2D eigenvalue weighted by Gasteiger charge is -2.32. The van der Waals surface area contributed by atoms with Gasteiger partial charge in [0.25, 0.3) is 0 Å². The minimum atomic E-state index is -0.244. The number of rotatable bonds is 4. The van der Waals surface area contributed by atoms with Crippen LogP contribution in [-0.2, 0) is 6.42 Å². The molecule has 0 spiro atoms. The Balaban J connectivity index is 2.01. The summed E-state index contributed by atoms with van der Waals surface area (Å²) < 4.78 is 14.2. The summed E-state index contributed by atoms with van der Waals surface area (Å²) in [5.74, 6) is -0.0293. The van der Waals surface area contributed by atoms with Crippen molar-refractivity contribution in [1.29, 1.82) is 0 Å². The number of likely N-dealkylation sites (N-methyl/N-ethyl adjacent to an activating group) is 1. The van der Waals surface area contributed by atoms with Crippen molar-refractivity contribution in [2.45, 2.75) is 38.1 Å². The van der Waals surface area contributed by atoms with E-state index in [9.17, 15) is 4.39 Å². The number of halogens is 1. The first-order valence-electron chi connectivity index (χ1n) is 7.58. The van der Waals surface area contributed by atoms with Crippen LogP contribution in [0.3, 0.4) is 0 Å². The molecule has 0 aromatic carbocycles. The van der Waals surface area contributed by atoms with E-state index in [0.717, 1.165) is 31.5 Å². The fourth-order valence-electron chi connectivity index (χ4n) is 3.30. The highest BCUT2D eigenvalue weighted by atomic mass is 19.1. The third kappa shape index (κ3) is 2.81. The van der Waals surface area contributed by atoms with E-state index < -0.39 is 0 Å². The molecule has 2 atom stereocenters. The van der Waals surface area contributed by atoms with Gasteiger partial charge in [0, 0.05) is 35.6 Å². The smallest absolute Gasteiger partial charge is 0.146 e. The number of pyridine rings is 2. The molecule has 1 aliphatic rings. The summed E-state index contributed by atoms with van der Waals surface area (Å²) in [6, 6.07) is 5.85. The van der Waals surface area contributed by atoms with Crippen LogP contribution in [0, 0.1) is 5.82 Å². The molecule has 0 saturated carbocycles. The average molecular weight is 285 g/mol. The number of fused-ring (bicyclic) bond motifs is 1. The molecule has 0 saturated heterocycles. The van der Waals surface area contributed by atoms with Crippen LogP contribution in [0.5, 0.6) is 0 Å². The summed E-state index contributed by atoms with van der Waals surface area (Å²) in [5, 5.41) is 3.44. The van der Waals surface area contributed by atoms with E-state index in [4.69, 9.17) is 0 Å². The van der Waals surface area contributed by atoms with Gasteiger partial charge < -0.3 is 5.32 Å². The van der Waals surface area contributed by atoms with Crippen molar-refractivity contribution < 1.29 is 4.39 Å². The van der Waals surface area contributed by atoms with Crippen molar-refractivity contribution in [1.82, 2.24) is 15.3 Å². The molecular formula is C17H20FN3. The van der Waals surface area contributed by atoms with Crippen molar-refractivity contribution in [2.75, 3.05) is 6.54 Å². The number of nitrogens with zero attached hydrogens (tertiary/aromatic N) is 2. The summed E-state index contributed by atoms with van der Waals surface area (Å²) in [6.07, 6.45) is 8.01. The highest BCUT2D eigenvalue weighted by Crippen LogP contribution is 2.39. The number of aryl methyl sites for hydroxylation is 1. The molecule has 2 aromatic rings. The maximum absolute atomic E-state index is 14.2. The lowest BCUT2D eigenvalue weighted by atomic mass is 9.79. The second-order valence-corrected chi connectivity index (χ2v) is 5.48. The highest BCUT2D eigenvalue weighted by Gasteiger charge is 2.31. The third-order valence-electron chi connectivity index (χ3n) is 4.20. The van der Waals surface area contributed by atoms with Crippen molar-refractivity contribution in [3.8, 4) is 0 Å². The number of aromatic nitrogens is 2. The van der Waals surface area contributed by atoms with Gasteiger partial charge in [-0.2, -0.15) is 0 Å². The Morgan fingerprint density at radius 1 is 1.38 bits per heavy atom. The molecule has 2 aromatic heterocycles. The molecule has 3 nitrogen and oxygen atoms in total. The van der Waals surface area contributed by atoms with Crippen LogP contribution in [0.25, 0.3) is 0 Å². The predicted octanol–water partition coefficient (Wildman–Crippen LogP) is 3.39. The molecule has 1 aliphatic carbocycles. The van der Waals surface area contributed by atoms with Gasteiger partial charge in [-0.3, -0.25) is 9.97 Å². The maximum Gasteiger partial charge on any atom is 0.146 e. The van der Waals surface area contributed by atoms with E-state index in [2.05, 4.69) is 21.4 Å². The van der Waals surface area contributed by atoms with Gasteiger partial charge in [-0.05, 0) is 43.5 Å². The first-order valence-corrected chi connectivity index (χ1v) is 7.58. The standard InChI is InChI=1S/C17H20FN3/c1-2-20-17(13-8-10-19-11-15(13)18)14-7-3-5-12-6-4-9-21-16(12)14/h4,6,8-11,14,17,20H,2-3,5,7H2,1H3. The zero-order chi connectivity index (χ0) is 14.7. The van der Waals surface area contributed by atoms with Crippen LogP contribution >= 0.6 is 0 Å². The molecule has 0 fully saturated rings. The Hall–Kier alpha value is -1.81. The highest BCUT2D eigenvalue weighted by molar-refractivity contribution is 5.31. The summed E-state index contributed by atoms with van der Waals surface area (Å²) in [5.41, 5.74) is 3.10. The van der Waals surface area contributed by atoms with E-state index >= 15 is 0 Å². The molecule has 2 heterocycles. The molecule has 2 unspecified atom stereocenters. The van der Waals surface area contributed by atoms with Gasteiger partial charge in [-0.25, -0.2) is 4.39 Å². The first-order chi connectivity index (χ1) is 10.3. The van der Waals surface area contributed by atoms with Gasteiger partial charge >= 0.3 is 0 Å². The van der Waals surface area contributed by atoms with Crippen LogP contribution in [0.2, 0.25) is 0 Å². The number of hydrogen-bond donors (Lipinski definition) is 1. The Morgan fingerprint density at radius 2 is 2.29 bits per heavy atom. The molecule has 21 heavy (non-hydrogen) atoms. The SMILES string of the molecule is CCNC(c1ccncc1F)C1CCCc2cccnc21. The fraction of sp³-hybridized carbons (Fsp3) is 0.412. The zero-order valence-corrected chi connectivity index (χ0v) is 12.2. The topological polar surface area (TPSA) is 37.8 Å². The van der Waals surface area contributed by atoms with Crippen molar-refractivity contribution in [3.05, 3.63) is 59.4 Å². The van der Waals surface area contributed by atoms with Gasteiger partial charge in [0.1, 0.15) is 5.82 Å². The Morgan fingerprint density at radius 3 is 3.10 bits per heavy atom. The van der Waals surface area contributed by atoms with Gasteiger partial charge in [0.15, 0.2) is 0 Å². The molecule has 0 amide bonds. The van der Waals surface area contributed by atoms with E-state index in [1.807, 2.05) is 19.2 Å². The molecular weight excluding hydrogens is 265 g/mol. The molecule has 0 radical (unpaired) electrons. The van der Waals surface area contributed by atoms with Gasteiger partial charge in [0.2, 0.25) is 0 Å². The van der Waals surface area contributed by atoms with Crippen molar-refractivity contribution in [3.63, 3.8) is 0 Å². The summed E-state index contributed by atoms with van der Waals surface area (Å²) in [7, 11) is 0. The third-order valence-corrected chi connectivity index (χ3v) is 4.20. The van der Waals surface area contributed by atoms with E-state index in [1.165, 1.54) is 11.8 Å². The number of nitrogens with one attached hydrogen (secondary N) is 1. The summed E-state index contributed by atoms with van der Waals surface area (Å²) >= 11 is 0. The monoisotopic (exact) mass is 285 g/mol. The van der Waals surface area contributed by atoms with Crippen LogP contribution in [0.4, 0.5) is 4.39 Å². The molecule has 110 valence electrons. The largest absolute Gasteiger partial charge is 0.310 e. The first kappa shape index (κ1) is 14.1. The maximum atomic E-state index is 14.2. The van der Waals surface area contributed by atoms with Crippen LogP contribution in [-0.4, -0.2) is 16.5 Å². The number of hydrogen-bond acceptors (Lipinski definition) is 3. The fourth-order valence-corrected chi connectivity index (χ4v) is 3.30. The van der Waals surface area contributed by atoms with E-state index in [0.29, 0.717) is 5.56 Å². The van der Waals surface area contributed by atoms with E-state index in [-0.39, 0.29) is 17.8 Å². The minimum absolute atomic E-state index is 0.0491. The second-order valence-electron chi connectivity index (χ2n) is 5.48. The Kier molecular flexibility index (Phi) is 4.25. The molecule has 4 heteroatoms. The molecule has 3 rings (SSSR count). The summed E-state index contributed by atoms with van der Waals surface area (Å²) in [4.78, 5) is 8.44. The molecule has 0 aliphatic heterocycles. The van der Waals surface area contributed by atoms with Crippen LogP contribution in [0.15, 0.2) is 36.8 Å². The lowest BCUT2D eigenvalue weighted by Crippen LogP contribution is -2.30. The lowest BCUT2D eigenvalue weighted by molar-refractivity contribution is 0.388.